The molecule has 0 aromatic rings. The predicted octanol–water partition coefficient (Wildman–Crippen LogP) is 19.8. The van der Waals surface area contributed by atoms with Crippen molar-refractivity contribution in [3.8, 4) is 0 Å². The van der Waals surface area contributed by atoms with Crippen molar-refractivity contribution in [2.75, 3.05) is 65.7 Å². The van der Waals surface area contributed by atoms with Crippen LogP contribution in [0.15, 0.2) is 0 Å². The van der Waals surface area contributed by atoms with E-state index >= 15 is 0 Å². The fourth-order valence-corrected chi connectivity index (χ4v) is 13.0. The number of rotatable bonds is 60. The summed E-state index contributed by atoms with van der Waals surface area (Å²) in [7, 11) is 0. The summed E-state index contributed by atoms with van der Waals surface area (Å²) in [5.41, 5.74) is -0.0290. The van der Waals surface area contributed by atoms with Crippen molar-refractivity contribution in [2.24, 2.45) is 16.7 Å². The summed E-state index contributed by atoms with van der Waals surface area (Å²) in [6, 6.07) is 0. The minimum absolute atomic E-state index is 0.0545. The third kappa shape index (κ3) is 49.7. The molecule has 1 aliphatic rings. The van der Waals surface area contributed by atoms with Gasteiger partial charge in [-0.2, -0.15) is 0 Å². The Labute approximate surface area is 502 Å². The maximum Gasteiger partial charge on any atom is 0.307 e. The number of carbonyl (C=O) groups is 4. The van der Waals surface area contributed by atoms with Crippen LogP contribution < -0.4 is 0 Å². The van der Waals surface area contributed by atoms with E-state index in [1.165, 1.54) is 205 Å². The zero-order valence-electron chi connectivity index (χ0n) is 55.0. The maximum atomic E-state index is 13.2. The summed E-state index contributed by atoms with van der Waals surface area (Å²) in [5, 5.41) is 0. The van der Waals surface area contributed by atoms with Crippen LogP contribution in [0.5, 0.6) is 0 Å². The molecular weight excluding hydrogens is 1010 g/mol. The van der Waals surface area contributed by atoms with E-state index in [1.54, 1.807) is 0 Å². The van der Waals surface area contributed by atoms with Gasteiger partial charge in [0, 0.05) is 39.3 Å². The zero-order chi connectivity index (χ0) is 59.2. The predicted molar refractivity (Wildman–Crippen MR) is 342 cm³/mol. The average molecular weight is 1150 g/mol. The number of ether oxygens (including phenoxy) is 4. The van der Waals surface area contributed by atoms with Crippen molar-refractivity contribution in [3.63, 3.8) is 0 Å². The molecule has 1 saturated carbocycles. The quantitative estimate of drug-likeness (QED) is 0.0332. The number of esters is 4. The Bertz CT molecular complexity index is 1370. The summed E-state index contributed by atoms with van der Waals surface area (Å²) >= 11 is 0. The summed E-state index contributed by atoms with van der Waals surface area (Å²) < 4.78 is 23.1. The molecule has 0 saturated heterocycles. The molecule has 1 rings (SSSR count). The van der Waals surface area contributed by atoms with E-state index in [2.05, 4.69) is 58.3 Å². The third-order valence-electron chi connectivity index (χ3n) is 17.2. The second-order valence-corrected chi connectivity index (χ2v) is 26.6. The third-order valence-corrected chi connectivity index (χ3v) is 17.2. The Morgan fingerprint density at radius 1 is 0.333 bits per heavy atom. The molecule has 10 nitrogen and oxygen atoms in total. The van der Waals surface area contributed by atoms with Crippen molar-refractivity contribution in [1.82, 2.24) is 9.80 Å². The lowest BCUT2D eigenvalue weighted by molar-refractivity contribution is -0.146. The Hall–Kier alpha value is -2.20. The monoisotopic (exact) mass is 1150 g/mol. The molecule has 0 amide bonds. The van der Waals surface area contributed by atoms with E-state index in [9.17, 15) is 19.2 Å². The van der Waals surface area contributed by atoms with Gasteiger partial charge in [-0.15, -0.1) is 0 Å². The van der Waals surface area contributed by atoms with Gasteiger partial charge in [-0.1, -0.05) is 280 Å². The lowest BCUT2D eigenvalue weighted by Crippen LogP contribution is -2.47. The number of unbranched alkanes of at least 4 members (excludes halogenated alkanes) is 36. The molecule has 478 valence electrons. The Balaban J connectivity index is 2.96. The molecular formula is C71H136N2O8. The summed E-state index contributed by atoms with van der Waals surface area (Å²) in [5.74, 6) is -0.304. The van der Waals surface area contributed by atoms with Crippen LogP contribution in [0.2, 0.25) is 0 Å². The molecule has 2 atom stereocenters. The van der Waals surface area contributed by atoms with Crippen molar-refractivity contribution >= 4 is 23.9 Å². The van der Waals surface area contributed by atoms with E-state index in [0.29, 0.717) is 84.2 Å². The molecule has 0 spiro atoms. The molecule has 0 aliphatic heterocycles. The van der Waals surface area contributed by atoms with Gasteiger partial charge in [0.15, 0.2) is 0 Å². The zero-order valence-corrected chi connectivity index (χ0v) is 55.0. The second-order valence-electron chi connectivity index (χ2n) is 26.6. The van der Waals surface area contributed by atoms with Crippen LogP contribution in [0.25, 0.3) is 0 Å². The van der Waals surface area contributed by atoms with Gasteiger partial charge in [0.2, 0.25) is 0 Å². The summed E-state index contributed by atoms with van der Waals surface area (Å²) in [6.45, 7) is 21.8. The van der Waals surface area contributed by atoms with E-state index in [-0.39, 0.29) is 34.7 Å². The van der Waals surface area contributed by atoms with Crippen LogP contribution in [-0.4, -0.2) is 99.4 Å². The highest BCUT2D eigenvalue weighted by atomic mass is 16.5. The lowest BCUT2D eigenvalue weighted by Gasteiger charge is -2.49. The molecule has 0 bridgehead atoms. The van der Waals surface area contributed by atoms with E-state index in [1.807, 2.05) is 0 Å². The minimum Gasteiger partial charge on any atom is -0.466 e. The normalized spacial score (nSPS) is 16.1. The molecule has 1 aliphatic carbocycles. The van der Waals surface area contributed by atoms with E-state index < -0.39 is 0 Å². The van der Waals surface area contributed by atoms with Crippen LogP contribution in [0.3, 0.4) is 0 Å². The average Bonchev–Trinajstić information content (AvgIpc) is 3.52. The molecule has 0 aromatic carbocycles. The van der Waals surface area contributed by atoms with Crippen molar-refractivity contribution < 1.29 is 38.1 Å². The minimum atomic E-state index is -0.161. The smallest absolute Gasteiger partial charge is 0.307 e. The first-order valence-electron chi connectivity index (χ1n) is 35.4. The van der Waals surface area contributed by atoms with Crippen LogP contribution in [-0.2, 0) is 38.1 Å². The fraction of sp³-hybridized carbons (Fsp3) is 0.944. The fourth-order valence-electron chi connectivity index (χ4n) is 13.0. The highest BCUT2D eigenvalue weighted by molar-refractivity contribution is 5.71. The van der Waals surface area contributed by atoms with Gasteiger partial charge in [-0.3, -0.25) is 19.2 Å². The Kier molecular flexibility index (Phi) is 51.6. The standard InChI is InChI=1S/C71H136N2O8/c1-8-12-16-20-24-28-32-36-40-44-56-78-66(74)48-52-72(53-49-67(75)79-57-45-41-37-33-29-25-21-17-13-9-2)62-65-60-70(5,6)63-71(7,61-65)64-73(54-50-68(76)80-58-46-42-38-34-30-26-22-18-14-10-3)55-51-69(77)81-59-47-43-39-35-31-27-23-19-15-11-4/h65H,8-64H2,1-7H3. The van der Waals surface area contributed by atoms with E-state index in [0.717, 1.165) is 83.7 Å². The molecule has 1 fully saturated rings. The molecule has 0 radical (unpaired) electrons. The first-order valence-corrected chi connectivity index (χ1v) is 35.4. The van der Waals surface area contributed by atoms with Crippen molar-refractivity contribution in [3.05, 3.63) is 0 Å². The van der Waals surface area contributed by atoms with Crippen molar-refractivity contribution in [2.45, 2.75) is 350 Å². The first-order chi connectivity index (χ1) is 39.3. The van der Waals surface area contributed by atoms with Gasteiger partial charge in [0.25, 0.3) is 0 Å². The lowest BCUT2D eigenvalue weighted by atomic mass is 9.60. The van der Waals surface area contributed by atoms with Crippen LogP contribution in [0.1, 0.15) is 350 Å². The highest BCUT2D eigenvalue weighted by Gasteiger charge is 2.42. The van der Waals surface area contributed by atoms with Crippen LogP contribution >= 0.6 is 0 Å². The van der Waals surface area contributed by atoms with Gasteiger partial charge in [0.1, 0.15) is 0 Å². The molecule has 0 N–H and O–H groups in total. The van der Waals surface area contributed by atoms with Gasteiger partial charge in [-0.05, 0) is 61.7 Å². The number of hydrogen-bond acceptors (Lipinski definition) is 10. The maximum absolute atomic E-state index is 13.2. The largest absolute Gasteiger partial charge is 0.466 e. The summed E-state index contributed by atoms with van der Waals surface area (Å²) in [6.07, 6.45) is 53.8. The Morgan fingerprint density at radius 3 is 0.827 bits per heavy atom. The molecule has 10 heteroatoms. The second kappa shape index (κ2) is 54.5. The van der Waals surface area contributed by atoms with Gasteiger partial charge in [0.05, 0.1) is 52.1 Å². The topological polar surface area (TPSA) is 112 Å². The van der Waals surface area contributed by atoms with Gasteiger partial charge < -0.3 is 28.7 Å². The number of hydrogen-bond donors (Lipinski definition) is 0. The molecule has 0 aromatic heterocycles. The van der Waals surface area contributed by atoms with Crippen LogP contribution in [0, 0.1) is 16.7 Å². The van der Waals surface area contributed by atoms with Gasteiger partial charge >= 0.3 is 23.9 Å². The van der Waals surface area contributed by atoms with E-state index in [4.69, 9.17) is 18.9 Å². The molecule has 81 heavy (non-hydrogen) atoms. The number of nitrogens with zero attached hydrogens (tertiary/aromatic N) is 2. The SMILES string of the molecule is CCCCCCCCCCCCOC(=O)CCN(CCC(=O)OCCCCCCCCCCCC)CC1CC(C)(C)CC(C)(CN(CCC(=O)OCCCCCCCCCCCC)CCC(=O)OCCCCCCCCCCCC)C1. The first kappa shape index (κ1) is 76.8. The molecule has 2 unspecified atom stereocenters. The highest BCUT2D eigenvalue weighted by Crippen LogP contribution is 2.49. The number of carbonyl (C=O) groups excluding carboxylic acids is 4. The Morgan fingerprint density at radius 2 is 0.568 bits per heavy atom. The molecule has 0 heterocycles. The summed E-state index contributed by atoms with van der Waals surface area (Å²) in [4.78, 5) is 57.6. The van der Waals surface area contributed by atoms with Crippen LogP contribution in [0.4, 0.5) is 0 Å². The van der Waals surface area contributed by atoms with Crippen molar-refractivity contribution in [1.29, 1.82) is 0 Å². The van der Waals surface area contributed by atoms with Gasteiger partial charge in [-0.25, -0.2) is 0 Å².